The van der Waals surface area contributed by atoms with Crippen LogP contribution in [0.4, 0.5) is 17.6 Å². The molecule has 2 atom stereocenters. The van der Waals surface area contributed by atoms with Gasteiger partial charge in [-0.2, -0.15) is 13.2 Å². The maximum atomic E-state index is 13.5. The van der Waals surface area contributed by atoms with Crippen molar-refractivity contribution in [1.82, 2.24) is 9.88 Å². The first-order valence-electron chi connectivity index (χ1n) is 11.8. The summed E-state index contributed by atoms with van der Waals surface area (Å²) < 4.78 is 52.2. The molecule has 3 nitrogen and oxygen atoms in total. The predicted octanol–water partition coefficient (Wildman–Crippen LogP) is 7.01. The maximum absolute atomic E-state index is 13.5. The third-order valence-electron chi connectivity index (χ3n) is 6.78. The molecule has 0 radical (unpaired) electrons. The monoisotopic (exact) mass is 484 g/mol. The van der Waals surface area contributed by atoms with Crippen molar-refractivity contribution >= 4 is 5.91 Å². The molecule has 0 spiro atoms. The number of amides is 1. The Bertz CT molecular complexity index is 1170. The Balaban J connectivity index is 1.59. The Morgan fingerprint density at radius 3 is 2.31 bits per heavy atom. The number of hydrogen-bond donors (Lipinski definition) is 0. The highest BCUT2D eigenvalue weighted by Crippen LogP contribution is 2.31. The fourth-order valence-corrected chi connectivity index (χ4v) is 4.64. The smallest absolute Gasteiger partial charge is 0.332 e. The SMILES string of the molecule is CC(CC(=O)N(Cc1ccc(C(F)(F)F)nc1)[C@H](C)c1ccc2c(c1)CCC2)c1ccc(F)cc1. The van der Waals surface area contributed by atoms with Crippen LogP contribution in [-0.2, 0) is 30.4 Å². The lowest BCUT2D eigenvalue weighted by atomic mass is 9.95. The first-order valence-corrected chi connectivity index (χ1v) is 11.8. The number of aromatic nitrogens is 1. The zero-order valence-electron chi connectivity index (χ0n) is 19.8. The number of halogens is 4. The molecule has 0 bridgehead atoms. The minimum Gasteiger partial charge on any atom is -0.332 e. The predicted molar refractivity (Wildman–Crippen MR) is 126 cm³/mol. The molecule has 35 heavy (non-hydrogen) atoms. The molecular formula is C28H28F4N2O. The Morgan fingerprint density at radius 2 is 1.66 bits per heavy atom. The standard InChI is InChI=1S/C28H28F4N2O/c1-18(21-9-11-25(29)12-10-21)14-27(35)34(17-20-6-13-26(33-16-20)28(30,31)32)19(2)23-8-7-22-4-3-5-24(22)15-23/h6-13,15-16,18-19H,3-5,14,17H2,1-2H3/t18?,19-/m1/s1. The van der Waals surface area contributed by atoms with Gasteiger partial charge in [-0.25, -0.2) is 4.39 Å². The minimum atomic E-state index is -4.52. The Labute approximate surface area is 202 Å². The number of fused-ring (bicyclic) bond motifs is 1. The molecule has 1 aliphatic carbocycles. The number of rotatable bonds is 7. The van der Waals surface area contributed by atoms with Crippen LogP contribution in [0.1, 0.15) is 72.2 Å². The van der Waals surface area contributed by atoms with Gasteiger partial charge in [-0.05, 0) is 78.1 Å². The zero-order chi connectivity index (χ0) is 25.2. The van der Waals surface area contributed by atoms with Crippen LogP contribution in [0.3, 0.4) is 0 Å². The van der Waals surface area contributed by atoms with Crippen molar-refractivity contribution in [1.29, 1.82) is 0 Å². The van der Waals surface area contributed by atoms with Crippen LogP contribution in [0.2, 0.25) is 0 Å². The second-order valence-corrected chi connectivity index (χ2v) is 9.29. The topological polar surface area (TPSA) is 33.2 Å². The highest BCUT2D eigenvalue weighted by Gasteiger charge is 2.32. The van der Waals surface area contributed by atoms with Crippen molar-refractivity contribution in [3.05, 3.63) is 100 Å². The number of pyridine rings is 1. The summed E-state index contributed by atoms with van der Waals surface area (Å²) in [6.45, 7) is 3.98. The number of alkyl halides is 3. The van der Waals surface area contributed by atoms with E-state index in [0.717, 1.165) is 36.5 Å². The van der Waals surface area contributed by atoms with Gasteiger partial charge in [0.1, 0.15) is 11.5 Å². The summed E-state index contributed by atoms with van der Waals surface area (Å²) in [7, 11) is 0. The summed E-state index contributed by atoms with van der Waals surface area (Å²) in [5, 5.41) is 0. The number of carbonyl (C=O) groups is 1. The van der Waals surface area contributed by atoms with E-state index in [1.807, 2.05) is 19.9 Å². The minimum absolute atomic E-state index is 0.130. The van der Waals surface area contributed by atoms with Gasteiger partial charge in [0.25, 0.3) is 0 Å². The van der Waals surface area contributed by atoms with E-state index in [4.69, 9.17) is 0 Å². The first kappa shape index (κ1) is 24.9. The molecule has 0 fully saturated rings. The first-order chi connectivity index (χ1) is 16.6. The van der Waals surface area contributed by atoms with Gasteiger partial charge in [-0.1, -0.05) is 43.3 Å². The summed E-state index contributed by atoms with van der Waals surface area (Å²) in [5.74, 6) is -0.618. The largest absolute Gasteiger partial charge is 0.433 e. The van der Waals surface area contributed by atoms with E-state index >= 15 is 0 Å². The van der Waals surface area contributed by atoms with Crippen molar-refractivity contribution in [2.75, 3.05) is 0 Å². The van der Waals surface area contributed by atoms with Gasteiger partial charge in [0, 0.05) is 19.2 Å². The Kier molecular flexibility index (Phi) is 7.24. The lowest BCUT2D eigenvalue weighted by Crippen LogP contribution is -2.34. The number of hydrogen-bond acceptors (Lipinski definition) is 2. The molecule has 184 valence electrons. The molecule has 7 heteroatoms. The van der Waals surface area contributed by atoms with Crippen LogP contribution in [0.15, 0.2) is 60.8 Å². The second-order valence-electron chi connectivity index (χ2n) is 9.29. The fraction of sp³-hybridized carbons (Fsp3) is 0.357. The molecule has 3 aromatic rings. The Morgan fingerprint density at radius 1 is 0.971 bits per heavy atom. The van der Waals surface area contributed by atoms with E-state index in [2.05, 4.69) is 17.1 Å². The lowest BCUT2D eigenvalue weighted by molar-refractivity contribution is -0.141. The van der Waals surface area contributed by atoms with Gasteiger partial charge < -0.3 is 4.90 Å². The van der Waals surface area contributed by atoms with Gasteiger partial charge >= 0.3 is 6.18 Å². The number of carbonyl (C=O) groups excluding carboxylic acids is 1. The van der Waals surface area contributed by atoms with Crippen LogP contribution in [0.25, 0.3) is 0 Å². The zero-order valence-corrected chi connectivity index (χ0v) is 19.8. The van der Waals surface area contributed by atoms with Crippen LogP contribution >= 0.6 is 0 Å². The molecule has 1 amide bonds. The van der Waals surface area contributed by atoms with E-state index in [1.54, 1.807) is 17.0 Å². The summed E-state index contributed by atoms with van der Waals surface area (Å²) in [4.78, 5) is 18.8. The number of aryl methyl sites for hydroxylation is 2. The van der Waals surface area contributed by atoms with Crippen molar-refractivity contribution < 1.29 is 22.4 Å². The summed E-state index contributed by atoms with van der Waals surface area (Å²) in [6.07, 6.45) is 0.0305. The molecule has 0 aliphatic heterocycles. The maximum Gasteiger partial charge on any atom is 0.433 e. The van der Waals surface area contributed by atoms with Gasteiger partial charge in [-0.15, -0.1) is 0 Å². The van der Waals surface area contributed by atoms with Crippen molar-refractivity contribution in [3.8, 4) is 0 Å². The molecule has 1 aromatic heterocycles. The summed E-state index contributed by atoms with van der Waals surface area (Å²) in [5.41, 5.74) is 4.02. The van der Waals surface area contributed by atoms with E-state index in [9.17, 15) is 22.4 Å². The quantitative estimate of drug-likeness (QED) is 0.338. The highest BCUT2D eigenvalue weighted by atomic mass is 19.4. The summed E-state index contributed by atoms with van der Waals surface area (Å²) in [6, 6.07) is 14.4. The molecule has 1 heterocycles. The molecule has 0 saturated carbocycles. The molecule has 0 N–H and O–H groups in total. The van der Waals surface area contributed by atoms with Crippen molar-refractivity contribution in [3.63, 3.8) is 0 Å². The molecule has 1 aliphatic rings. The average molecular weight is 485 g/mol. The normalized spacial score (nSPS) is 14.9. The van der Waals surface area contributed by atoms with E-state index in [1.165, 1.54) is 35.5 Å². The van der Waals surface area contributed by atoms with Gasteiger partial charge in [0.05, 0.1) is 6.04 Å². The van der Waals surface area contributed by atoms with Crippen LogP contribution < -0.4 is 0 Å². The number of nitrogens with zero attached hydrogens (tertiary/aromatic N) is 2. The Hall–Kier alpha value is -3.22. The third-order valence-corrected chi connectivity index (χ3v) is 6.78. The molecule has 1 unspecified atom stereocenters. The molecule has 2 aromatic carbocycles. The van der Waals surface area contributed by atoms with E-state index in [0.29, 0.717) is 5.56 Å². The van der Waals surface area contributed by atoms with Crippen LogP contribution in [-0.4, -0.2) is 15.8 Å². The van der Waals surface area contributed by atoms with Crippen molar-refractivity contribution in [2.45, 2.75) is 64.2 Å². The van der Waals surface area contributed by atoms with Gasteiger partial charge in [-0.3, -0.25) is 9.78 Å². The molecular weight excluding hydrogens is 456 g/mol. The van der Waals surface area contributed by atoms with Gasteiger partial charge in [0.2, 0.25) is 5.91 Å². The average Bonchev–Trinajstić information content (AvgIpc) is 3.30. The van der Waals surface area contributed by atoms with E-state index in [-0.39, 0.29) is 36.6 Å². The second kappa shape index (κ2) is 10.2. The highest BCUT2D eigenvalue weighted by molar-refractivity contribution is 5.77. The van der Waals surface area contributed by atoms with Gasteiger partial charge in [0.15, 0.2) is 0 Å². The van der Waals surface area contributed by atoms with E-state index < -0.39 is 11.9 Å². The summed E-state index contributed by atoms with van der Waals surface area (Å²) >= 11 is 0. The third kappa shape index (κ3) is 5.89. The number of benzene rings is 2. The fourth-order valence-electron chi connectivity index (χ4n) is 4.64. The lowest BCUT2D eigenvalue weighted by Gasteiger charge is -2.31. The molecule has 4 rings (SSSR count). The van der Waals surface area contributed by atoms with Crippen LogP contribution in [0, 0.1) is 5.82 Å². The molecule has 0 saturated heterocycles. The van der Waals surface area contributed by atoms with Crippen LogP contribution in [0.5, 0.6) is 0 Å². The van der Waals surface area contributed by atoms with Crippen molar-refractivity contribution in [2.24, 2.45) is 0 Å².